The number of rotatable bonds is 3. The molecule has 0 atom stereocenters. The van der Waals surface area contributed by atoms with Gasteiger partial charge in [0.25, 0.3) is 5.91 Å². The van der Waals surface area contributed by atoms with E-state index in [0.29, 0.717) is 11.6 Å². The molecule has 0 saturated heterocycles. The van der Waals surface area contributed by atoms with E-state index in [9.17, 15) is 13.2 Å². The molecule has 1 heterocycles. The molecule has 0 saturated carbocycles. The van der Waals surface area contributed by atoms with Gasteiger partial charge in [-0.05, 0) is 19.1 Å². The van der Waals surface area contributed by atoms with Gasteiger partial charge in [0.15, 0.2) is 5.89 Å². The zero-order valence-electron chi connectivity index (χ0n) is 10.9. The quantitative estimate of drug-likeness (QED) is 0.882. The SMILES string of the molecule is Cc1nc(C)c(C(=O)Nc2ccccc2S(N)(=O)=O)o1. The number of carbonyl (C=O) groups excluding carboxylic acids is 1. The first kappa shape index (κ1) is 14.2. The first-order chi connectivity index (χ1) is 9.29. The van der Waals surface area contributed by atoms with Crippen molar-refractivity contribution in [3.63, 3.8) is 0 Å². The van der Waals surface area contributed by atoms with Crippen LogP contribution in [0.3, 0.4) is 0 Å². The lowest BCUT2D eigenvalue weighted by atomic mass is 10.3. The van der Waals surface area contributed by atoms with Crippen molar-refractivity contribution < 1.29 is 17.6 Å². The molecule has 0 bridgehead atoms. The fraction of sp³-hybridized carbons (Fsp3) is 0.167. The average molecular weight is 295 g/mol. The van der Waals surface area contributed by atoms with Crippen LogP contribution in [0.2, 0.25) is 0 Å². The summed E-state index contributed by atoms with van der Waals surface area (Å²) in [5, 5.41) is 7.55. The third-order valence-corrected chi connectivity index (χ3v) is 3.52. The first-order valence-corrected chi connectivity index (χ1v) is 7.21. The Morgan fingerprint density at radius 3 is 2.50 bits per heavy atom. The first-order valence-electron chi connectivity index (χ1n) is 5.66. The fourth-order valence-corrected chi connectivity index (χ4v) is 2.43. The number of benzene rings is 1. The number of oxazole rings is 1. The van der Waals surface area contributed by atoms with Crippen molar-refractivity contribution >= 4 is 21.6 Å². The number of amides is 1. The van der Waals surface area contributed by atoms with Crippen LogP contribution in [0.25, 0.3) is 0 Å². The fourth-order valence-electron chi connectivity index (χ4n) is 1.74. The van der Waals surface area contributed by atoms with E-state index in [1.807, 2.05) is 0 Å². The van der Waals surface area contributed by atoms with Crippen LogP contribution in [0.5, 0.6) is 0 Å². The molecule has 2 aromatic rings. The minimum Gasteiger partial charge on any atom is -0.436 e. The van der Waals surface area contributed by atoms with Crippen LogP contribution >= 0.6 is 0 Å². The summed E-state index contributed by atoms with van der Waals surface area (Å²) >= 11 is 0. The molecule has 0 aliphatic carbocycles. The predicted molar refractivity (Wildman–Crippen MR) is 71.7 cm³/mol. The molecule has 8 heteroatoms. The third kappa shape index (κ3) is 2.86. The molecule has 20 heavy (non-hydrogen) atoms. The lowest BCUT2D eigenvalue weighted by Gasteiger charge is -2.08. The number of nitrogens with two attached hydrogens (primary N) is 1. The molecule has 1 aromatic carbocycles. The number of para-hydroxylation sites is 1. The largest absolute Gasteiger partial charge is 0.436 e. The molecule has 0 radical (unpaired) electrons. The molecule has 0 fully saturated rings. The van der Waals surface area contributed by atoms with E-state index >= 15 is 0 Å². The summed E-state index contributed by atoms with van der Waals surface area (Å²) < 4.78 is 28.0. The molecular formula is C12H13N3O4S. The number of carbonyl (C=O) groups is 1. The van der Waals surface area contributed by atoms with Crippen LogP contribution < -0.4 is 10.5 Å². The van der Waals surface area contributed by atoms with Gasteiger partial charge >= 0.3 is 0 Å². The molecule has 0 spiro atoms. The molecule has 3 N–H and O–H groups in total. The molecule has 0 aliphatic heterocycles. The monoisotopic (exact) mass is 295 g/mol. The molecule has 2 rings (SSSR count). The van der Waals surface area contributed by atoms with Crippen LogP contribution in [-0.2, 0) is 10.0 Å². The van der Waals surface area contributed by atoms with E-state index in [2.05, 4.69) is 10.3 Å². The summed E-state index contributed by atoms with van der Waals surface area (Å²) in [5.41, 5.74) is 0.515. The Morgan fingerprint density at radius 2 is 1.95 bits per heavy atom. The van der Waals surface area contributed by atoms with Gasteiger partial charge in [0.1, 0.15) is 4.90 Å². The molecule has 106 valence electrons. The second-order valence-electron chi connectivity index (χ2n) is 4.14. The van der Waals surface area contributed by atoms with Crippen LogP contribution in [-0.4, -0.2) is 19.3 Å². The number of sulfonamides is 1. The van der Waals surface area contributed by atoms with Gasteiger partial charge in [0.05, 0.1) is 11.4 Å². The van der Waals surface area contributed by atoms with E-state index in [-0.39, 0.29) is 16.3 Å². The molecule has 7 nitrogen and oxygen atoms in total. The van der Waals surface area contributed by atoms with E-state index in [1.165, 1.54) is 18.2 Å². The Kier molecular flexibility index (Phi) is 3.60. The van der Waals surface area contributed by atoms with Crippen molar-refractivity contribution in [2.75, 3.05) is 5.32 Å². The summed E-state index contributed by atoms with van der Waals surface area (Å²) in [4.78, 5) is 15.9. The molecule has 0 aliphatic rings. The highest BCUT2D eigenvalue weighted by Crippen LogP contribution is 2.21. The number of hydrogen-bond donors (Lipinski definition) is 2. The Labute approximate surface area is 115 Å². The van der Waals surface area contributed by atoms with Crippen molar-refractivity contribution in [3.8, 4) is 0 Å². The van der Waals surface area contributed by atoms with E-state index in [4.69, 9.17) is 9.56 Å². The minimum absolute atomic E-state index is 0.0340. The number of aryl methyl sites for hydroxylation is 2. The maximum atomic E-state index is 12.0. The summed E-state index contributed by atoms with van der Waals surface area (Å²) in [7, 11) is -3.93. The maximum Gasteiger partial charge on any atom is 0.293 e. The van der Waals surface area contributed by atoms with E-state index in [0.717, 1.165) is 0 Å². The Bertz CT molecular complexity index is 765. The number of aromatic nitrogens is 1. The van der Waals surface area contributed by atoms with Gasteiger partial charge in [0, 0.05) is 6.92 Å². The van der Waals surface area contributed by atoms with Crippen LogP contribution in [0, 0.1) is 13.8 Å². The van der Waals surface area contributed by atoms with Crippen molar-refractivity contribution in [1.29, 1.82) is 0 Å². The van der Waals surface area contributed by atoms with Gasteiger partial charge in [-0.2, -0.15) is 0 Å². The summed E-state index contributed by atoms with van der Waals surface area (Å²) in [6.45, 7) is 3.24. The summed E-state index contributed by atoms with van der Waals surface area (Å²) in [6.07, 6.45) is 0. The lowest BCUT2D eigenvalue weighted by molar-refractivity contribution is 0.0994. The van der Waals surface area contributed by atoms with E-state index in [1.54, 1.807) is 19.9 Å². The van der Waals surface area contributed by atoms with Gasteiger partial charge in [-0.25, -0.2) is 18.5 Å². The zero-order valence-corrected chi connectivity index (χ0v) is 11.7. The number of anilines is 1. The summed E-state index contributed by atoms with van der Waals surface area (Å²) in [5.74, 6) is -0.196. The molecule has 1 aromatic heterocycles. The van der Waals surface area contributed by atoms with E-state index < -0.39 is 15.9 Å². The Balaban J connectivity index is 2.36. The van der Waals surface area contributed by atoms with Gasteiger partial charge in [0.2, 0.25) is 15.8 Å². The molecule has 0 unspecified atom stereocenters. The lowest BCUT2D eigenvalue weighted by Crippen LogP contribution is -2.18. The summed E-state index contributed by atoms with van der Waals surface area (Å²) in [6, 6.07) is 5.85. The predicted octanol–water partition coefficient (Wildman–Crippen LogP) is 1.19. The minimum atomic E-state index is -3.93. The second-order valence-corrected chi connectivity index (χ2v) is 5.67. The Morgan fingerprint density at radius 1 is 1.30 bits per heavy atom. The highest BCUT2D eigenvalue weighted by Gasteiger charge is 2.19. The van der Waals surface area contributed by atoms with Crippen molar-refractivity contribution in [3.05, 3.63) is 41.6 Å². The smallest absolute Gasteiger partial charge is 0.293 e. The topological polar surface area (TPSA) is 115 Å². The van der Waals surface area contributed by atoms with Gasteiger partial charge < -0.3 is 9.73 Å². The van der Waals surface area contributed by atoms with Crippen molar-refractivity contribution in [2.24, 2.45) is 5.14 Å². The number of nitrogens with zero attached hydrogens (tertiary/aromatic N) is 1. The number of hydrogen-bond acceptors (Lipinski definition) is 5. The highest BCUT2D eigenvalue weighted by atomic mass is 32.2. The van der Waals surface area contributed by atoms with Crippen LogP contribution in [0.15, 0.2) is 33.6 Å². The van der Waals surface area contributed by atoms with Gasteiger partial charge in [-0.1, -0.05) is 12.1 Å². The van der Waals surface area contributed by atoms with Crippen molar-refractivity contribution in [1.82, 2.24) is 4.98 Å². The highest BCUT2D eigenvalue weighted by molar-refractivity contribution is 7.89. The maximum absolute atomic E-state index is 12.0. The van der Waals surface area contributed by atoms with Gasteiger partial charge in [-0.3, -0.25) is 4.79 Å². The average Bonchev–Trinajstić information content (AvgIpc) is 2.68. The number of nitrogens with one attached hydrogen (secondary N) is 1. The third-order valence-electron chi connectivity index (χ3n) is 2.55. The normalized spacial score (nSPS) is 11.3. The molecular weight excluding hydrogens is 282 g/mol. The van der Waals surface area contributed by atoms with Crippen LogP contribution in [0.4, 0.5) is 5.69 Å². The van der Waals surface area contributed by atoms with Gasteiger partial charge in [-0.15, -0.1) is 0 Å². The zero-order chi connectivity index (χ0) is 14.9. The second kappa shape index (κ2) is 5.06. The van der Waals surface area contributed by atoms with Crippen molar-refractivity contribution in [2.45, 2.75) is 18.7 Å². The molecule has 1 amide bonds. The standard InChI is InChI=1S/C12H13N3O4S/c1-7-11(19-8(2)14-7)12(16)15-9-5-3-4-6-10(9)20(13,17)18/h3-6H,1-2H3,(H,15,16)(H2,13,17,18). The Hall–Kier alpha value is -2.19. The number of primary sulfonamides is 1. The van der Waals surface area contributed by atoms with Crippen LogP contribution in [0.1, 0.15) is 22.1 Å².